The minimum Gasteiger partial charge on any atom is -0.495 e. The van der Waals surface area contributed by atoms with Crippen molar-refractivity contribution in [1.29, 1.82) is 0 Å². The first-order chi connectivity index (χ1) is 9.83. The van der Waals surface area contributed by atoms with Crippen LogP contribution in [0.3, 0.4) is 0 Å². The number of nitrogens with zero attached hydrogens (tertiary/aromatic N) is 1. The fourth-order valence-electron chi connectivity index (χ4n) is 1.55. The Labute approximate surface area is 129 Å². The van der Waals surface area contributed by atoms with Gasteiger partial charge in [0, 0.05) is 10.2 Å². The molecule has 0 radical (unpaired) electrons. The number of sulfonamides is 1. The van der Waals surface area contributed by atoms with Crippen LogP contribution in [0.25, 0.3) is 0 Å². The van der Waals surface area contributed by atoms with Crippen LogP contribution in [-0.4, -0.2) is 20.5 Å². The number of aromatic nitrogens is 1. The van der Waals surface area contributed by atoms with Crippen molar-refractivity contribution in [3.8, 4) is 5.75 Å². The van der Waals surface area contributed by atoms with Crippen LogP contribution in [0, 0.1) is 5.82 Å². The summed E-state index contributed by atoms with van der Waals surface area (Å²) in [5.41, 5.74) is 5.93. The number of methoxy groups -OCH3 is 1. The lowest BCUT2D eigenvalue weighted by atomic mass is 10.3. The van der Waals surface area contributed by atoms with E-state index in [1.165, 1.54) is 25.3 Å². The van der Waals surface area contributed by atoms with E-state index in [-0.39, 0.29) is 22.2 Å². The molecule has 0 aliphatic rings. The highest BCUT2D eigenvalue weighted by Gasteiger charge is 2.21. The van der Waals surface area contributed by atoms with Crippen molar-refractivity contribution in [1.82, 2.24) is 4.98 Å². The Morgan fingerprint density at radius 2 is 2.10 bits per heavy atom. The van der Waals surface area contributed by atoms with Gasteiger partial charge in [0.15, 0.2) is 0 Å². The maximum absolute atomic E-state index is 12.8. The first kappa shape index (κ1) is 15.5. The molecular weight excluding hydrogens is 365 g/mol. The molecule has 21 heavy (non-hydrogen) atoms. The summed E-state index contributed by atoms with van der Waals surface area (Å²) >= 11 is 3.19. The number of pyridine rings is 1. The number of anilines is 2. The van der Waals surface area contributed by atoms with E-state index in [1.54, 1.807) is 0 Å². The molecule has 1 heterocycles. The molecule has 1 aromatic carbocycles. The number of hydrogen-bond acceptors (Lipinski definition) is 5. The van der Waals surface area contributed by atoms with Gasteiger partial charge in [0.1, 0.15) is 22.3 Å². The average Bonchev–Trinajstić information content (AvgIpc) is 2.43. The summed E-state index contributed by atoms with van der Waals surface area (Å²) < 4.78 is 45.2. The van der Waals surface area contributed by atoms with Crippen molar-refractivity contribution in [3.05, 3.63) is 40.8 Å². The zero-order valence-electron chi connectivity index (χ0n) is 10.8. The predicted octanol–water partition coefficient (Wildman–Crippen LogP) is 2.37. The van der Waals surface area contributed by atoms with Crippen LogP contribution in [-0.2, 0) is 10.0 Å². The molecular formula is C12H11BrFN3O3S. The van der Waals surface area contributed by atoms with Gasteiger partial charge in [-0.3, -0.25) is 4.72 Å². The molecule has 9 heteroatoms. The molecule has 3 N–H and O–H groups in total. The van der Waals surface area contributed by atoms with Crippen molar-refractivity contribution in [2.24, 2.45) is 0 Å². The number of nitrogens with two attached hydrogens (primary N) is 1. The van der Waals surface area contributed by atoms with Gasteiger partial charge >= 0.3 is 0 Å². The van der Waals surface area contributed by atoms with Crippen molar-refractivity contribution in [2.75, 3.05) is 17.6 Å². The summed E-state index contributed by atoms with van der Waals surface area (Å²) in [5.74, 6) is -0.464. The van der Waals surface area contributed by atoms with Crippen LogP contribution in [0.15, 0.2) is 39.8 Å². The number of nitrogens with one attached hydrogen (secondary N) is 1. The van der Waals surface area contributed by atoms with Crippen LogP contribution in [0.5, 0.6) is 5.75 Å². The number of benzene rings is 1. The van der Waals surface area contributed by atoms with E-state index < -0.39 is 15.8 Å². The molecule has 1 aromatic heterocycles. The van der Waals surface area contributed by atoms with Gasteiger partial charge in [0.05, 0.1) is 13.3 Å². The molecule has 2 aromatic rings. The molecule has 112 valence electrons. The minimum absolute atomic E-state index is 0.0139. The lowest BCUT2D eigenvalue weighted by Crippen LogP contribution is -2.15. The number of rotatable bonds is 4. The SMILES string of the molecule is COc1cc(Br)c(N)cc1S(=O)(=O)Nc1ccc(F)cn1. The van der Waals surface area contributed by atoms with Gasteiger partial charge < -0.3 is 10.5 Å². The van der Waals surface area contributed by atoms with E-state index in [0.717, 1.165) is 12.3 Å². The fraction of sp³-hybridized carbons (Fsp3) is 0.0833. The molecule has 0 aliphatic heterocycles. The van der Waals surface area contributed by atoms with E-state index in [0.29, 0.717) is 4.47 Å². The Kier molecular flexibility index (Phi) is 4.33. The fourth-order valence-corrected chi connectivity index (χ4v) is 3.07. The topological polar surface area (TPSA) is 94.3 Å². The van der Waals surface area contributed by atoms with Gasteiger partial charge in [-0.1, -0.05) is 0 Å². The maximum Gasteiger partial charge on any atom is 0.266 e. The normalized spacial score (nSPS) is 11.2. The highest BCUT2D eigenvalue weighted by Crippen LogP contribution is 2.33. The highest BCUT2D eigenvalue weighted by atomic mass is 79.9. The third-order valence-corrected chi connectivity index (χ3v) is 4.60. The molecule has 0 saturated heterocycles. The van der Waals surface area contributed by atoms with E-state index in [9.17, 15) is 12.8 Å². The van der Waals surface area contributed by atoms with Gasteiger partial charge in [-0.25, -0.2) is 17.8 Å². The highest BCUT2D eigenvalue weighted by molar-refractivity contribution is 9.10. The molecule has 0 bridgehead atoms. The standard InChI is InChI=1S/C12H11BrFN3O3S/c1-20-10-4-8(13)9(15)5-11(10)21(18,19)17-12-3-2-7(14)6-16-12/h2-6H,15H2,1H3,(H,16,17). The van der Waals surface area contributed by atoms with Gasteiger partial charge in [-0.15, -0.1) is 0 Å². The molecule has 0 atom stereocenters. The Morgan fingerprint density at radius 3 is 2.67 bits per heavy atom. The largest absolute Gasteiger partial charge is 0.495 e. The molecule has 6 nitrogen and oxygen atoms in total. The van der Waals surface area contributed by atoms with Gasteiger partial charge in [-0.05, 0) is 40.2 Å². The van der Waals surface area contributed by atoms with E-state index in [1.807, 2.05) is 0 Å². The third-order valence-electron chi connectivity index (χ3n) is 2.54. The maximum atomic E-state index is 12.8. The second kappa shape index (κ2) is 5.86. The average molecular weight is 376 g/mol. The summed E-state index contributed by atoms with van der Waals surface area (Å²) in [4.78, 5) is 3.50. The van der Waals surface area contributed by atoms with Crippen molar-refractivity contribution < 1.29 is 17.5 Å². The molecule has 0 saturated carbocycles. The molecule has 0 amide bonds. The Morgan fingerprint density at radius 1 is 1.38 bits per heavy atom. The zero-order chi connectivity index (χ0) is 15.6. The summed E-state index contributed by atoms with van der Waals surface area (Å²) in [5, 5.41) is 0. The minimum atomic E-state index is -3.97. The van der Waals surface area contributed by atoms with Gasteiger partial charge in [0.2, 0.25) is 0 Å². The number of nitrogen functional groups attached to an aromatic ring is 1. The van der Waals surface area contributed by atoms with Crippen molar-refractivity contribution in [3.63, 3.8) is 0 Å². The Bertz CT molecular complexity index is 766. The van der Waals surface area contributed by atoms with Crippen LogP contribution in [0.4, 0.5) is 15.9 Å². The molecule has 0 aliphatic carbocycles. The summed E-state index contributed by atoms with van der Waals surface area (Å²) in [6, 6.07) is 5.01. The van der Waals surface area contributed by atoms with Crippen LogP contribution in [0.1, 0.15) is 0 Å². The molecule has 0 spiro atoms. The van der Waals surface area contributed by atoms with Gasteiger partial charge in [-0.2, -0.15) is 0 Å². The number of halogens is 2. The summed E-state index contributed by atoms with van der Waals surface area (Å²) in [6.45, 7) is 0. The van der Waals surface area contributed by atoms with Crippen LogP contribution in [0.2, 0.25) is 0 Å². The third kappa shape index (κ3) is 3.42. The smallest absolute Gasteiger partial charge is 0.266 e. The van der Waals surface area contributed by atoms with Crippen molar-refractivity contribution >= 4 is 37.5 Å². The molecule has 0 fully saturated rings. The van der Waals surface area contributed by atoms with Gasteiger partial charge in [0.25, 0.3) is 10.0 Å². The molecule has 2 rings (SSSR count). The van der Waals surface area contributed by atoms with E-state index in [2.05, 4.69) is 25.6 Å². The quantitative estimate of drug-likeness (QED) is 0.799. The summed E-state index contributed by atoms with van der Waals surface area (Å²) in [7, 11) is -2.63. The first-order valence-corrected chi connectivity index (χ1v) is 7.88. The Hall–Kier alpha value is -1.87. The predicted molar refractivity (Wildman–Crippen MR) is 80.1 cm³/mol. The zero-order valence-corrected chi connectivity index (χ0v) is 13.2. The lowest BCUT2D eigenvalue weighted by molar-refractivity contribution is 0.402. The Balaban J connectivity index is 2.44. The number of ether oxygens (including phenoxy) is 1. The van der Waals surface area contributed by atoms with Crippen LogP contribution < -0.4 is 15.2 Å². The monoisotopic (exact) mass is 375 g/mol. The lowest BCUT2D eigenvalue weighted by Gasteiger charge is -2.12. The second-order valence-corrected chi connectivity index (χ2v) is 6.50. The molecule has 0 unspecified atom stereocenters. The van der Waals surface area contributed by atoms with E-state index in [4.69, 9.17) is 10.5 Å². The van der Waals surface area contributed by atoms with Crippen molar-refractivity contribution in [2.45, 2.75) is 4.90 Å². The number of hydrogen-bond donors (Lipinski definition) is 2. The summed E-state index contributed by atoms with van der Waals surface area (Å²) in [6.07, 6.45) is 0.908. The van der Waals surface area contributed by atoms with Crippen LogP contribution >= 0.6 is 15.9 Å². The first-order valence-electron chi connectivity index (χ1n) is 5.61. The second-order valence-electron chi connectivity index (χ2n) is 3.99. The van der Waals surface area contributed by atoms with E-state index >= 15 is 0 Å².